The van der Waals surface area contributed by atoms with E-state index < -0.39 is 0 Å². The Kier molecular flexibility index (Phi) is 5.61. The molecule has 0 spiro atoms. The molecule has 1 fully saturated rings. The largest absolute Gasteiger partial charge is 0.352 e. The van der Waals surface area contributed by atoms with Crippen molar-refractivity contribution in [2.45, 2.75) is 32.9 Å². The van der Waals surface area contributed by atoms with Crippen molar-refractivity contribution in [3.63, 3.8) is 0 Å². The molecule has 4 rings (SSSR count). The van der Waals surface area contributed by atoms with Gasteiger partial charge in [-0.3, -0.25) is 4.98 Å². The van der Waals surface area contributed by atoms with E-state index in [9.17, 15) is 0 Å². The van der Waals surface area contributed by atoms with Crippen LogP contribution in [0.1, 0.15) is 42.9 Å². The highest BCUT2D eigenvalue weighted by molar-refractivity contribution is 7.80. The fourth-order valence-electron chi connectivity index (χ4n) is 3.97. The van der Waals surface area contributed by atoms with Crippen LogP contribution in [0.25, 0.3) is 5.69 Å². The normalized spacial score (nSPS) is 19.1. The zero-order valence-corrected chi connectivity index (χ0v) is 18.4. The minimum atomic E-state index is -0.00972. The van der Waals surface area contributed by atoms with Crippen molar-refractivity contribution in [1.29, 1.82) is 0 Å². The number of pyridine rings is 1. The van der Waals surface area contributed by atoms with Crippen molar-refractivity contribution in [1.82, 2.24) is 19.8 Å². The van der Waals surface area contributed by atoms with Gasteiger partial charge in [-0.05, 0) is 73.1 Å². The molecular weight excluding hydrogens is 400 g/mol. The van der Waals surface area contributed by atoms with E-state index >= 15 is 0 Å². The fourth-order valence-corrected chi connectivity index (χ4v) is 4.40. The number of thiocarbonyl (C=S) groups is 1. The summed E-state index contributed by atoms with van der Waals surface area (Å²) < 4.78 is 2.23. The van der Waals surface area contributed by atoms with Crippen LogP contribution in [0, 0.1) is 12.8 Å². The number of nitrogens with one attached hydrogen (secondary N) is 1. The maximum atomic E-state index is 6.26. The monoisotopic (exact) mass is 424 g/mol. The molecule has 0 radical (unpaired) electrons. The van der Waals surface area contributed by atoms with E-state index in [4.69, 9.17) is 23.8 Å². The Morgan fingerprint density at radius 3 is 2.69 bits per heavy atom. The third kappa shape index (κ3) is 3.89. The van der Waals surface area contributed by atoms with Gasteiger partial charge in [0.25, 0.3) is 0 Å². The lowest BCUT2D eigenvalue weighted by atomic mass is 10.0. The zero-order chi connectivity index (χ0) is 20.5. The Hall–Kier alpha value is -2.37. The average molecular weight is 425 g/mol. The van der Waals surface area contributed by atoms with Gasteiger partial charge in [0.15, 0.2) is 5.11 Å². The number of hydrogen-bond donors (Lipinski definition) is 1. The molecular formula is C23H25ClN4S. The molecule has 0 amide bonds. The highest BCUT2D eigenvalue weighted by atomic mass is 35.5. The van der Waals surface area contributed by atoms with Gasteiger partial charge in [0.05, 0.1) is 17.8 Å². The lowest BCUT2D eigenvalue weighted by Gasteiger charge is -2.30. The van der Waals surface area contributed by atoms with Crippen LogP contribution in [0.3, 0.4) is 0 Å². The van der Waals surface area contributed by atoms with Crippen molar-refractivity contribution >= 4 is 28.9 Å². The molecule has 2 atom stereocenters. The standard InChI is InChI=1S/C23H25ClN4S/c1-15(2)14-28-22(21(26-23(28)29)19-7-4-5-11-25-19)20-8-6-12-27(20)17-9-10-18(24)16(3)13-17/h4-13,15,21-22H,14H2,1-3H3,(H,26,29)/t21-,22-/m0/s1. The van der Waals surface area contributed by atoms with E-state index in [2.05, 4.69) is 70.1 Å². The molecule has 29 heavy (non-hydrogen) atoms. The van der Waals surface area contributed by atoms with E-state index in [-0.39, 0.29) is 12.1 Å². The Bertz CT molecular complexity index is 1010. The second kappa shape index (κ2) is 8.17. The topological polar surface area (TPSA) is 33.1 Å². The summed E-state index contributed by atoms with van der Waals surface area (Å²) in [5.41, 5.74) is 4.32. The Morgan fingerprint density at radius 1 is 1.17 bits per heavy atom. The van der Waals surface area contributed by atoms with E-state index in [1.807, 2.05) is 31.3 Å². The molecule has 0 aliphatic carbocycles. The highest BCUT2D eigenvalue weighted by Crippen LogP contribution is 2.40. The molecule has 3 aromatic rings. The van der Waals surface area contributed by atoms with Gasteiger partial charge in [0, 0.05) is 35.3 Å². The maximum Gasteiger partial charge on any atom is 0.170 e. The second-order valence-corrected chi connectivity index (χ2v) is 8.70. The van der Waals surface area contributed by atoms with Crippen LogP contribution in [0.2, 0.25) is 5.02 Å². The predicted molar refractivity (Wildman–Crippen MR) is 123 cm³/mol. The third-order valence-electron chi connectivity index (χ3n) is 5.26. The molecule has 0 saturated carbocycles. The molecule has 0 unspecified atom stereocenters. The van der Waals surface area contributed by atoms with Crippen LogP contribution in [0.5, 0.6) is 0 Å². The minimum absolute atomic E-state index is 0.00972. The minimum Gasteiger partial charge on any atom is -0.352 e. The van der Waals surface area contributed by atoms with E-state index in [1.165, 1.54) is 5.69 Å². The van der Waals surface area contributed by atoms with Crippen LogP contribution in [0.15, 0.2) is 60.9 Å². The summed E-state index contributed by atoms with van der Waals surface area (Å²) in [6, 6.07) is 16.5. The van der Waals surface area contributed by atoms with Crippen LogP contribution >= 0.6 is 23.8 Å². The number of aryl methyl sites for hydroxylation is 1. The molecule has 1 N–H and O–H groups in total. The van der Waals surface area contributed by atoms with Crippen LogP contribution < -0.4 is 5.32 Å². The van der Waals surface area contributed by atoms with Crippen molar-refractivity contribution < 1.29 is 0 Å². The molecule has 1 aliphatic rings. The molecule has 1 aromatic carbocycles. The van der Waals surface area contributed by atoms with Gasteiger partial charge >= 0.3 is 0 Å². The number of hydrogen-bond acceptors (Lipinski definition) is 2. The predicted octanol–water partition coefficient (Wildman–Crippen LogP) is 5.46. The van der Waals surface area contributed by atoms with Gasteiger partial charge in [-0.25, -0.2) is 0 Å². The van der Waals surface area contributed by atoms with Gasteiger partial charge in [-0.1, -0.05) is 31.5 Å². The van der Waals surface area contributed by atoms with E-state index in [0.717, 1.165) is 33.6 Å². The second-order valence-electron chi connectivity index (χ2n) is 7.91. The third-order valence-corrected chi connectivity index (χ3v) is 6.04. The number of aromatic nitrogens is 2. The van der Waals surface area contributed by atoms with Crippen molar-refractivity contribution in [3.05, 3.63) is 82.9 Å². The first-order valence-corrected chi connectivity index (χ1v) is 10.7. The van der Waals surface area contributed by atoms with Crippen molar-refractivity contribution in [2.75, 3.05) is 6.54 Å². The SMILES string of the molecule is Cc1cc(-n2cccc2[C@H]2[C@H](c3ccccn3)NC(=S)N2CC(C)C)ccc1Cl. The maximum absolute atomic E-state index is 6.26. The van der Waals surface area contributed by atoms with Gasteiger partial charge in [0.2, 0.25) is 0 Å². The number of rotatable bonds is 5. The first-order valence-electron chi connectivity index (χ1n) is 9.87. The molecule has 3 heterocycles. The molecule has 2 aromatic heterocycles. The number of benzene rings is 1. The van der Waals surface area contributed by atoms with Gasteiger partial charge < -0.3 is 14.8 Å². The van der Waals surface area contributed by atoms with E-state index in [1.54, 1.807) is 0 Å². The first-order chi connectivity index (χ1) is 14.0. The fraction of sp³-hybridized carbons (Fsp3) is 0.304. The van der Waals surface area contributed by atoms with Crippen LogP contribution in [-0.2, 0) is 0 Å². The lowest BCUT2D eigenvalue weighted by molar-refractivity contribution is 0.280. The van der Waals surface area contributed by atoms with Crippen molar-refractivity contribution in [2.24, 2.45) is 5.92 Å². The summed E-state index contributed by atoms with van der Waals surface area (Å²) in [6.07, 6.45) is 3.94. The summed E-state index contributed by atoms with van der Waals surface area (Å²) in [7, 11) is 0. The summed E-state index contributed by atoms with van der Waals surface area (Å²) in [5, 5.41) is 5.08. The van der Waals surface area contributed by atoms with Crippen molar-refractivity contribution in [3.8, 4) is 5.69 Å². The van der Waals surface area contributed by atoms with Gasteiger partial charge in [-0.2, -0.15) is 0 Å². The highest BCUT2D eigenvalue weighted by Gasteiger charge is 2.41. The summed E-state index contributed by atoms with van der Waals surface area (Å²) >= 11 is 12.0. The van der Waals surface area contributed by atoms with E-state index in [0.29, 0.717) is 5.92 Å². The first kappa shape index (κ1) is 19.9. The number of nitrogens with zero attached hydrogens (tertiary/aromatic N) is 3. The molecule has 1 aliphatic heterocycles. The number of halogens is 1. The van der Waals surface area contributed by atoms with Gasteiger partial charge in [0.1, 0.15) is 0 Å². The molecule has 4 nitrogen and oxygen atoms in total. The summed E-state index contributed by atoms with van der Waals surface area (Å²) in [5.74, 6) is 0.487. The van der Waals surface area contributed by atoms with Gasteiger partial charge in [-0.15, -0.1) is 0 Å². The van der Waals surface area contributed by atoms with Crippen LogP contribution in [0.4, 0.5) is 0 Å². The quantitative estimate of drug-likeness (QED) is 0.551. The Labute approximate surface area is 182 Å². The molecule has 150 valence electrons. The Balaban J connectivity index is 1.82. The molecule has 1 saturated heterocycles. The molecule has 0 bridgehead atoms. The average Bonchev–Trinajstić information content (AvgIpc) is 3.29. The molecule has 6 heteroatoms. The van der Waals surface area contributed by atoms with Crippen LogP contribution in [-0.4, -0.2) is 26.1 Å². The Morgan fingerprint density at radius 2 is 2.00 bits per heavy atom. The summed E-state index contributed by atoms with van der Waals surface area (Å²) in [6.45, 7) is 7.35. The zero-order valence-electron chi connectivity index (χ0n) is 16.8. The lowest BCUT2D eigenvalue weighted by Crippen LogP contribution is -2.33. The smallest absolute Gasteiger partial charge is 0.170 e. The summed E-state index contributed by atoms with van der Waals surface area (Å²) in [4.78, 5) is 6.92.